The van der Waals surface area contributed by atoms with Crippen molar-refractivity contribution >= 4 is 44.9 Å². The molecule has 0 fully saturated rings. The molecule has 3 rings (SSSR count). The van der Waals surface area contributed by atoms with Crippen molar-refractivity contribution in [3.05, 3.63) is 74.4 Å². The van der Waals surface area contributed by atoms with Crippen molar-refractivity contribution < 1.29 is 14.3 Å². The minimum absolute atomic E-state index is 0.0602. The Labute approximate surface area is 187 Å². The van der Waals surface area contributed by atoms with E-state index in [-0.39, 0.29) is 5.91 Å². The number of amides is 1. The first-order valence-electron chi connectivity index (χ1n) is 9.04. The molecule has 0 aliphatic heterocycles. The first-order valence-corrected chi connectivity index (χ1v) is 11.8. The van der Waals surface area contributed by atoms with Gasteiger partial charge in [0, 0.05) is 21.7 Å². The van der Waals surface area contributed by atoms with Gasteiger partial charge >= 0.3 is 0 Å². The molecule has 0 atom stereocenters. The van der Waals surface area contributed by atoms with Gasteiger partial charge in [-0.3, -0.25) is 4.79 Å². The molecule has 29 heavy (non-hydrogen) atoms. The molecule has 0 aliphatic carbocycles. The third-order valence-corrected chi connectivity index (χ3v) is 6.95. The van der Waals surface area contributed by atoms with Gasteiger partial charge in [-0.05, 0) is 58.6 Å². The third kappa shape index (κ3) is 5.78. The van der Waals surface area contributed by atoms with Crippen LogP contribution in [-0.2, 0) is 12.2 Å². The van der Waals surface area contributed by atoms with E-state index in [1.807, 2.05) is 36.4 Å². The predicted octanol–water partition coefficient (Wildman–Crippen LogP) is 5.79. The number of carbonyl (C=O) groups excluding carboxylic acids is 1. The van der Waals surface area contributed by atoms with Crippen molar-refractivity contribution in [1.82, 2.24) is 5.32 Å². The Morgan fingerprint density at radius 2 is 1.90 bits per heavy atom. The van der Waals surface area contributed by atoms with Crippen molar-refractivity contribution in [1.29, 1.82) is 0 Å². The zero-order valence-corrected chi connectivity index (χ0v) is 19.5. The lowest BCUT2D eigenvalue weighted by Crippen LogP contribution is -2.26. The summed E-state index contributed by atoms with van der Waals surface area (Å²) < 4.78 is 11.6. The maximum Gasteiger partial charge on any atom is 0.252 e. The van der Waals surface area contributed by atoms with Gasteiger partial charge in [0.1, 0.15) is 0 Å². The van der Waals surface area contributed by atoms with E-state index in [4.69, 9.17) is 9.47 Å². The van der Waals surface area contributed by atoms with Crippen LogP contribution in [0.1, 0.15) is 21.5 Å². The fraction of sp³-hybridized carbons (Fsp3) is 0.227. The smallest absolute Gasteiger partial charge is 0.252 e. The molecule has 0 saturated heterocycles. The van der Waals surface area contributed by atoms with Crippen LogP contribution in [0.3, 0.4) is 0 Å². The van der Waals surface area contributed by atoms with E-state index in [1.54, 1.807) is 37.3 Å². The number of ether oxygens (including phenoxy) is 2. The Hall–Kier alpha value is -1.96. The highest BCUT2D eigenvalue weighted by Crippen LogP contribution is 2.33. The second-order valence-electron chi connectivity index (χ2n) is 6.22. The fourth-order valence-electron chi connectivity index (χ4n) is 2.81. The maximum absolute atomic E-state index is 12.7. The number of hydrogen-bond donors (Lipinski definition) is 1. The molecule has 0 aliphatic rings. The second kappa shape index (κ2) is 10.7. The maximum atomic E-state index is 12.7. The van der Waals surface area contributed by atoms with Gasteiger partial charge in [0.25, 0.3) is 5.91 Å². The van der Waals surface area contributed by atoms with Gasteiger partial charge in [-0.2, -0.15) is 11.3 Å². The number of hydrogen-bond acceptors (Lipinski definition) is 5. The molecule has 0 bridgehead atoms. The van der Waals surface area contributed by atoms with Crippen LogP contribution in [0.5, 0.6) is 11.5 Å². The largest absolute Gasteiger partial charge is 0.493 e. The van der Waals surface area contributed by atoms with Gasteiger partial charge in [-0.25, -0.2) is 0 Å². The van der Waals surface area contributed by atoms with Crippen LogP contribution in [0.25, 0.3) is 0 Å². The summed E-state index contributed by atoms with van der Waals surface area (Å²) in [6.45, 7) is 0.524. The Morgan fingerprint density at radius 1 is 1.14 bits per heavy atom. The van der Waals surface area contributed by atoms with Crippen molar-refractivity contribution in [2.45, 2.75) is 17.1 Å². The first-order chi connectivity index (χ1) is 14.1. The van der Waals surface area contributed by atoms with Crippen LogP contribution in [0.4, 0.5) is 0 Å². The molecular formula is C22H22BrNO3S2. The lowest BCUT2D eigenvalue weighted by Gasteiger charge is -2.13. The molecule has 1 aromatic heterocycles. The summed E-state index contributed by atoms with van der Waals surface area (Å²) in [5.74, 6) is 2.14. The molecular weight excluding hydrogens is 470 g/mol. The van der Waals surface area contributed by atoms with E-state index in [0.29, 0.717) is 30.0 Å². The van der Waals surface area contributed by atoms with Gasteiger partial charge < -0.3 is 14.8 Å². The summed E-state index contributed by atoms with van der Waals surface area (Å²) in [7, 11) is 3.22. The van der Waals surface area contributed by atoms with E-state index in [2.05, 4.69) is 38.1 Å². The number of thiophene rings is 1. The topological polar surface area (TPSA) is 47.6 Å². The van der Waals surface area contributed by atoms with E-state index < -0.39 is 0 Å². The number of thioether (sulfide) groups is 1. The molecule has 4 nitrogen and oxygen atoms in total. The van der Waals surface area contributed by atoms with Crippen LogP contribution in [0.15, 0.2) is 62.6 Å². The SMILES string of the molecule is COc1cc(Br)c(CCNC(=O)c2ccccc2SCc2ccsc2)cc1OC. The molecule has 0 unspecified atom stereocenters. The number of rotatable bonds is 9. The molecule has 1 amide bonds. The van der Waals surface area contributed by atoms with Gasteiger partial charge in [-0.15, -0.1) is 11.8 Å². The zero-order valence-electron chi connectivity index (χ0n) is 16.2. The number of methoxy groups -OCH3 is 2. The zero-order chi connectivity index (χ0) is 20.6. The summed E-state index contributed by atoms with van der Waals surface area (Å²) in [6, 6.07) is 13.7. The third-order valence-electron chi connectivity index (χ3n) is 4.34. The Bertz CT molecular complexity index is 961. The molecule has 1 N–H and O–H groups in total. The lowest BCUT2D eigenvalue weighted by atomic mass is 10.1. The Balaban J connectivity index is 1.61. The van der Waals surface area contributed by atoms with Crippen LogP contribution < -0.4 is 14.8 Å². The number of nitrogens with one attached hydrogen (secondary N) is 1. The molecule has 7 heteroatoms. The standard InChI is InChI=1S/C22H22BrNO3S2/c1-26-19-11-16(18(23)12-20(19)27-2)7-9-24-22(25)17-5-3-4-6-21(17)29-14-15-8-10-28-13-15/h3-6,8,10-13H,7,9,14H2,1-2H3,(H,24,25). The molecule has 0 radical (unpaired) electrons. The van der Waals surface area contributed by atoms with Gasteiger partial charge in [-0.1, -0.05) is 28.1 Å². The highest BCUT2D eigenvalue weighted by molar-refractivity contribution is 9.10. The second-order valence-corrected chi connectivity index (χ2v) is 8.87. The Kier molecular flexibility index (Phi) is 8.03. The first kappa shape index (κ1) is 21.7. The highest BCUT2D eigenvalue weighted by Gasteiger charge is 2.13. The average Bonchev–Trinajstić information content (AvgIpc) is 3.26. The predicted molar refractivity (Wildman–Crippen MR) is 124 cm³/mol. The summed E-state index contributed by atoms with van der Waals surface area (Å²) in [5, 5.41) is 7.24. The Morgan fingerprint density at radius 3 is 2.62 bits per heavy atom. The van der Waals surface area contributed by atoms with Gasteiger partial charge in [0.15, 0.2) is 11.5 Å². The van der Waals surface area contributed by atoms with Crippen molar-refractivity contribution in [2.75, 3.05) is 20.8 Å². The van der Waals surface area contributed by atoms with Crippen LogP contribution >= 0.6 is 39.0 Å². The minimum Gasteiger partial charge on any atom is -0.493 e. The van der Waals surface area contributed by atoms with Crippen LogP contribution in [0.2, 0.25) is 0 Å². The molecule has 0 saturated carbocycles. The highest BCUT2D eigenvalue weighted by atomic mass is 79.9. The summed E-state index contributed by atoms with van der Waals surface area (Å²) >= 11 is 6.93. The van der Waals surface area contributed by atoms with E-state index in [0.717, 1.165) is 20.7 Å². The number of benzene rings is 2. The number of carbonyl (C=O) groups is 1. The van der Waals surface area contributed by atoms with Crippen molar-refractivity contribution in [3.8, 4) is 11.5 Å². The number of halogens is 1. The molecule has 1 heterocycles. The normalized spacial score (nSPS) is 10.6. The summed E-state index contributed by atoms with van der Waals surface area (Å²) in [5.41, 5.74) is 3.02. The quantitative estimate of drug-likeness (QED) is 0.384. The van der Waals surface area contributed by atoms with Crippen molar-refractivity contribution in [2.24, 2.45) is 0 Å². The molecule has 3 aromatic rings. The summed E-state index contributed by atoms with van der Waals surface area (Å²) in [4.78, 5) is 13.7. The lowest BCUT2D eigenvalue weighted by molar-refractivity contribution is 0.0951. The van der Waals surface area contributed by atoms with E-state index in [1.165, 1.54) is 5.56 Å². The fourth-order valence-corrected chi connectivity index (χ4v) is 5.10. The molecule has 0 spiro atoms. The average molecular weight is 492 g/mol. The van der Waals surface area contributed by atoms with Crippen LogP contribution in [0, 0.1) is 0 Å². The molecule has 2 aromatic carbocycles. The summed E-state index contributed by atoms with van der Waals surface area (Å²) in [6.07, 6.45) is 0.677. The van der Waals surface area contributed by atoms with Crippen molar-refractivity contribution in [3.63, 3.8) is 0 Å². The van der Waals surface area contributed by atoms with Gasteiger partial charge in [0.05, 0.1) is 19.8 Å². The van der Waals surface area contributed by atoms with Crippen LogP contribution in [-0.4, -0.2) is 26.7 Å². The van der Waals surface area contributed by atoms with E-state index >= 15 is 0 Å². The minimum atomic E-state index is -0.0602. The monoisotopic (exact) mass is 491 g/mol. The molecule has 152 valence electrons. The van der Waals surface area contributed by atoms with E-state index in [9.17, 15) is 4.79 Å². The van der Waals surface area contributed by atoms with Gasteiger partial charge in [0.2, 0.25) is 0 Å².